The van der Waals surface area contributed by atoms with Crippen LogP contribution in [0.5, 0.6) is 0 Å². The van der Waals surface area contributed by atoms with Crippen LogP contribution < -0.4 is 10.2 Å². The van der Waals surface area contributed by atoms with Gasteiger partial charge in [0.05, 0.1) is 5.54 Å². The summed E-state index contributed by atoms with van der Waals surface area (Å²) in [5, 5.41) is 2.88. The van der Waals surface area contributed by atoms with Crippen molar-refractivity contribution in [1.29, 1.82) is 0 Å². The van der Waals surface area contributed by atoms with Crippen LogP contribution in [0.4, 0.5) is 5.95 Å². The van der Waals surface area contributed by atoms with Crippen molar-refractivity contribution in [2.24, 2.45) is 0 Å². The van der Waals surface area contributed by atoms with Gasteiger partial charge in [-0.1, -0.05) is 0 Å². The van der Waals surface area contributed by atoms with Crippen LogP contribution in [0.2, 0.25) is 0 Å². The molecular formula is C14H19N5O2. The molecule has 2 aliphatic heterocycles. The first kappa shape index (κ1) is 13.8. The number of hydrogen-bond acceptors (Lipinski definition) is 5. The zero-order valence-electron chi connectivity index (χ0n) is 12.3. The van der Waals surface area contributed by atoms with E-state index in [0.29, 0.717) is 19.0 Å². The standard InChI is InChI=1S/C14H19N5O2/c1-10-5-15-13(16-6-10)18-4-3-14(9-18)8-17-12(21)7-19(14)11(2)20/h5-6H,3-4,7-9H2,1-2H3,(H,17,21). The molecule has 1 unspecified atom stereocenters. The molecular weight excluding hydrogens is 270 g/mol. The van der Waals surface area contributed by atoms with E-state index in [2.05, 4.69) is 20.2 Å². The number of carbonyl (C=O) groups is 2. The van der Waals surface area contributed by atoms with Gasteiger partial charge in [-0.3, -0.25) is 9.59 Å². The molecule has 2 amide bonds. The lowest BCUT2D eigenvalue weighted by Gasteiger charge is -2.43. The molecule has 112 valence electrons. The zero-order chi connectivity index (χ0) is 15.0. The number of rotatable bonds is 1. The summed E-state index contributed by atoms with van der Waals surface area (Å²) in [7, 11) is 0. The molecule has 1 aromatic rings. The Morgan fingerprint density at radius 1 is 1.38 bits per heavy atom. The Morgan fingerprint density at radius 2 is 2.10 bits per heavy atom. The van der Waals surface area contributed by atoms with Crippen LogP contribution in [-0.2, 0) is 9.59 Å². The van der Waals surface area contributed by atoms with E-state index in [1.54, 1.807) is 17.3 Å². The van der Waals surface area contributed by atoms with Crippen molar-refractivity contribution in [3.8, 4) is 0 Å². The monoisotopic (exact) mass is 289 g/mol. The highest BCUT2D eigenvalue weighted by molar-refractivity contribution is 5.86. The summed E-state index contributed by atoms with van der Waals surface area (Å²) in [5.74, 6) is 0.523. The van der Waals surface area contributed by atoms with Crippen LogP contribution in [0.15, 0.2) is 12.4 Å². The van der Waals surface area contributed by atoms with Crippen molar-refractivity contribution in [3.63, 3.8) is 0 Å². The lowest BCUT2D eigenvalue weighted by Crippen LogP contribution is -2.65. The van der Waals surface area contributed by atoms with Crippen molar-refractivity contribution < 1.29 is 9.59 Å². The number of piperazine rings is 1. The lowest BCUT2D eigenvalue weighted by atomic mass is 9.93. The Morgan fingerprint density at radius 3 is 2.76 bits per heavy atom. The smallest absolute Gasteiger partial charge is 0.239 e. The van der Waals surface area contributed by atoms with Gasteiger partial charge in [-0.2, -0.15) is 0 Å². The van der Waals surface area contributed by atoms with Crippen LogP contribution in [0, 0.1) is 6.92 Å². The average molecular weight is 289 g/mol. The number of anilines is 1. The molecule has 2 saturated heterocycles. The number of hydrogen-bond donors (Lipinski definition) is 1. The van der Waals surface area contributed by atoms with E-state index in [9.17, 15) is 9.59 Å². The van der Waals surface area contributed by atoms with Crippen molar-refractivity contribution >= 4 is 17.8 Å². The molecule has 1 N–H and O–H groups in total. The maximum Gasteiger partial charge on any atom is 0.239 e. The minimum absolute atomic E-state index is 0.0588. The second kappa shape index (κ2) is 4.98. The Labute approximate surface area is 123 Å². The molecule has 7 heteroatoms. The first-order chi connectivity index (χ1) is 10.00. The summed E-state index contributed by atoms with van der Waals surface area (Å²) in [4.78, 5) is 35.9. The van der Waals surface area contributed by atoms with Crippen molar-refractivity contribution in [1.82, 2.24) is 20.2 Å². The maximum atomic E-state index is 11.9. The second-order valence-corrected chi connectivity index (χ2v) is 5.84. The van der Waals surface area contributed by atoms with Gasteiger partial charge in [0.2, 0.25) is 17.8 Å². The fraction of sp³-hybridized carbons (Fsp3) is 0.571. The molecule has 3 heterocycles. The normalized spacial score (nSPS) is 25.3. The predicted molar refractivity (Wildman–Crippen MR) is 76.7 cm³/mol. The SMILES string of the molecule is CC(=O)N1CC(=O)NCC12CCN(c1ncc(C)cn1)C2. The summed E-state index contributed by atoms with van der Waals surface area (Å²) in [6.07, 6.45) is 4.39. The molecule has 3 rings (SSSR count). The molecule has 2 fully saturated rings. The van der Waals surface area contributed by atoms with Gasteiger partial charge >= 0.3 is 0 Å². The quantitative estimate of drug-likeness (QED) is 0.769. The molecule has 0 radical (unpaired) electrons. The highest BCUT2D eigenvalue weighted by Crippen LogP contribution is 2.31. The fourth-order valence-electron chi connectivity index (χ4n) is 3.11. The summed E-state index contributed by atoms with van der Waals surface area (Å²) in [6.45, 7) is 5.53. The Hall–Kier alpha value is -2.18. The largest absolute Gasteiger partial charge is 0.352 e. The number of amides is 2. The fourth-order valence-corrected chi connectivity index (χ4v) is 3.11. The van der Waals surface area contributed by atoms with Crippen LogP contribution in [0.25, 0.3) is 0 Å². The van der Waals surface area contributed by atoms with Crippen LogP contribution in [0.3, 0.4) is 0 Å². The molecule has 0 aliphatic carbocycles. The number of nitrogens with one attached hydrogen (secondary N) is 1. The Balaban J connectivity index is 1.82. The maximum absolute atomic E-state index is 11.9. The van der Waals surface area contributed by atoms with Gasteiger partial charge in [0, 0.05) is 39.0 Å². The molecule has 2 aliphatic rings. The van der Waals surface area contributed by atoms with Crippen LogP contribution >= 0.6 is 0 Å². The van der Waals surface area contributed by atoms with Crippen molar-refractivity contribution in [3.05, 3.63) is 18.0 Å². The van der Waals surface area contributed by atoms with Gasteiger partial charge in [0.15, 0.2) is 0 Å². The van der Waals surface area contributed by atoms with E-state index in [0.717, 1.165) is 18.5 Å². The molecule has 1 aromatic heterocycles. The molecule has 7 nitrogen and oxygen atoms in total. The predicted octanol–water partition coefficient (Wildman–Crippen LogP) is -0.288. The minimum Gasteiger partial charge on any atom is -0.352 e. The third-order valence-corrected chi connectivity index (χ3v) is 4.25. The van der Waals surface area contributed by atoms with Crippen molar-refractivity contribution in [2.45, 2.75) is 25.8 Å². The van der Waals surface area contributed by atoms with E-state index < -0.39 is 0 Å². The molecule has 21 heavy (non-hydrogen) atoms. The van der Waals surface area contributed by atoms with E-state index in [1.807, 2.05) is 6.92 Å². The van der Waals surface area contributed by atoms with E-state index in [-0.39, 0.29) is 23.9 Å². The third-order valence-electron chi connectivity index (χ3n) is 4.25. The molecule has 1 atom stereocenters. The Bertz CT molecular complexity index is 573. The van der Waals surface area contributed by atoms with E-state index >= 15 is 0 Å². The van der Waals surface area contributed by atoms with E-state index in [4.69, 9.17) is 0 Å². The van der Waals surface area contributed by atoms with Gasteiger partial charge in [-0.05, 0) is 18.9 Å². The van der Waals surface area contributed by atoms with Crippen molar-refractivity contribution in [2.75, 3.05) is 31.1 Å². The number of nitrogens with zero attached hydrogens (tertiary/aromatic N) is 4. The molecule has 0 saturated carbocycles. The van der Waals surface area contributed by atoms with Gasteiger partial charge in [-0.15, -0.1) is 0 Å². The molecule has 0 bridgehead atoms. The second-order valence-electron chi connectivity index (χ2n) is 5.84. The average Bonchev–Trinajstić information content (AvgIpc) is 2.87. The molecule has 1 spiro atoms. The third kappa shape index (κ3) is 2.43. The number of aromatic nitrogens is 2. The van der Waals surface area contributed by atoms with Crippen LogP contribution in [0.1, 0.15) is 18.9 Å². The summed E-state index contributed by atoms with van der Waals surface area (Å²) >= 11 is 0. The Kier molecular flexibility index (Phi) is 3.27. The number of carbonyl (C=O) groups excluding carboxylic acids is 2. The highest BCUT2D eigenvalue weighted by atomic mass is 16.2. The molecule has 0 aromatic carbocycles. The van der Waals surface area contributed by atoms with Gasteiger partial charge < -0.3 is 15.1 Å². The highest BCUT2D eigenvalue weighted by Gasteiger charge is 2.48. The number of aryl methyl sites for hydroxylation is 1. The minimum atomic E-state index is -0.339. The van der Waals surface area contributed by atoms with Gasteiger partial charge in [0.25, 0.3) is 0 Å². The van der Waals surface area contributed by atoms with Gasteiger partial charge in [-0.25, -0.2) is 9.97 Å². The van der Waals surface area contributed by atoms with Gasteiger partial charge in [0.1, 0.15) is 6.54 Å². The zero-order valence-corrected chi connectivity index (χ0v) is 12.3. The lowest BCUT2D eigenvalue weighted by molar-refractivity contribution is -0.144. The summed E-state index contributed by atoms with van der Waals surface area (Å²) in [6, 6.07) is 0. The van der Waals surface area contributed by atoms with Crippen LogP contribution in [-0.4, -0.2) is 58.4 Å². The topological polar surface area (TPSA) is 78.4 Å². The first-order valence-corrected chi connectivity index (χ1v) is 7.09. The summed E-state index contributed by atoms with van der Waals surface area (Å²) in [5.41, 5.74) is 0.677. The summed E-state index contributed by atoms with van der Waals surface area (Å²) < 4.78 is 0. The van der Waals surface area contributed by atoms with E-state index in [1.165, 1.54) is 6.92 Å². The first-order valence-electron chi connectivity index (χ1n) is 7.09.